The Morgan fingerprint density at radius 1 is 0.667 bits per heavy atom. The molecule has 2 aromatic carbocycles. The quantitative estimate of drug-likeness (QED) is 0.782. The van der Waals surface area contributed by atoms with E-state index in [2.05, 4.69) is 10.6 Å². The maximum absolute atomic E-state index is 11.9. The summed E-state index contributed by atoms with van der Waals surface area (Å²) in [7, 11) is -3.14. The van der Waals surface area contributed by atoms with Crippen molar-refractivity contribution in [2.75, 3.05) is 11.8 Å². The predicted molar refractivity (Wildman–Crippen MR) is 85.2 cm³/mol. The minimum absolute atomic E-state index is 0.0241. The van der Waals surface area contributed by atoms with Gasteiger partial charge in [0.15, 0.2) is 9.84 Å². The van der Waals surface area contributed by atoms with Gasteiger partial charge in [0.1, 0.15) is 11.8 Å². The average molecular weight is 304 g/mol. The van der Waals surface area contributed by atoms with Gasteiger partial charge in [0.05, 0.1) is 0 Å². The fourth-order valence-corrected chi connectivity index (χ4v) is 2.87. The van der Waals surface area contributed by atoms with Crippen molar-refractivity contribution < 1.29 is 8.42 Å². The van der Waals surface area contributed by atoms with Gasteiger partial charge < -0.3 is 0 Å². The van der Waals surface area contributed by atoms with Gasteiger partial charge >= 0.3 is 0 Å². The molecule has 0 aromatic heterocycles. The van der Waals surface area contributed by atoms with Gasteiger partial charge in [-0.15, -0.1) is 0 Å². The molecule has 0 heterocycles. The number of rotatable bonds is 8. The topological polar surface area (TPSA) is 58.2 Å². The second-order valence-electron chi connectivity index (χ2n) is 4.86. The maximum Gasteiger partial charge on any atom is 0.176 e. The van der Waals surface area contributed by atoms with Gasteiger partial charge in [0.2, 0.25) is 0 Å². The minimum atomic E-state index is -3.14. The van der Waals surface area contributed by atoms with E-state index in [9.17, 15) is 8.42 Å². The highest BCUT2D eigenvalue weighted by Gasteiger charge is 2.09. The first-order chi connectivity index (χ1) is 10.2. The standard InChI is InChI=1S/C16H20N2O2S/c19-21(20,13-17-11-15-7-3-1-4-8-15)14-18-12-16-9-5-2-6-10-16/h1-10,17-18H,11-14H2. The zero-order chi connectivity index (χ0) is 15.0. The molecular formula is C16H20N2O2S. The number of sulfone groups is 1. The number of hydrogen-bond donors (Lipinski definition) is 2. The van der Waals surface area contributed by atoms with Crippen molar-refractivity contribution in [3.8, 4) is 0 Å². The van der Waals surface area contributed by atoms with Gasteiger partial charge in [-0.05, 0) is 11.1 Å². The molecule has 0 radical (unpaired) electrons. The highest BCUT2D eigenvalue weighted by atomic mass is 32.2. The van der Waals surface area contributed by atoms with E-state index in [0.29, 0.717) is 13.1 Å². The molecule has 0 aliphatic carbocycles. The Balaban J connectivity index is 1.70. The fraction of sp³-hybridized carbons (Fsp3) is 0.250. The lowest BCUT2D eigenvalue weighted by Gasteiger charge is -2.08. The van der Waals surface area contributed by atoms with E-state index in [-0.39, 0.29) is 11.8 Å². The zero-order valence-electron chi connectivity index (χ0n) is 11.8. The Bertz CT molecular complexity index is 576. The first-order valence-corrected chi connectivity index (χ1v) is 8.67. The van der Waals surface area contributed by atoms with Crippen molar-refractivity contribution in [2.45, 2.75) is 13.1 Å². The lowest BCUT2D eigenvalue weighted by atomic mass is 10.2. The van der Waals surface area contributed by atoms with Gasteiger partial charge in [-0.25, -0.2) is 8.42 Å². The van der Waals surface area contributed by atoms with E-state index in [0.717, 1.165) is 11.1 Å². The van der Waals surface area contributed by atoms with Crippen molar-refractivity contribution >= 4 is 9.84 Å². The van der Waals surface area contributed by atoms with E-state index in [1.54, 1.807) is 0 Å². The summed E-state index contributed by atoms with van der Waals surface area (Å²) in [6.45, 7) is 1.11. The molecule has 2 N–H and O–H groups in total. The zero-order valence-corrected chi connectivity index (χ0v) is 12.6. The lowest BCUT2D eigenvalue weighted by Crippen LogP contribution is -2.31. The predicted octanol–water partition coefficient (Wildman–Crippen LogP) is 1.90. The molecule has 0 unspecified atom stereocenters. The van der Waals surface area contributed by atoms with Crippen molar-refractivity contribution in [1.29, 1.82) is 0 Å². The molecule has 0 saturated carbocycles. The molecule has 0 atom stereocenters. The Kier molecular flexibility index (Phi) is 5.92. The second-order valence-corrected chi connectivity index (χ2v) is 6.92. The largest absolute Gasteiger partial charge is 0.300 e. The van der Waals surface area contributed by atoms with Crippen molar-refractivity contribution in [3.63, 3.8) is 0 Å². The van der Waals surface area contributed by atoms with Crippen molar-refractivity contribution in [1.82, 2.24) is 10.6 Å². The summed E-state index contributed by atoms with van der Waals surface area (Å²) in [4.78, 5) is 0. The van der Waals surface area contributed by atoms with E-state index in [1.165, 1.54) is 0 Å². The van der Waals surface area contributed by atoms with Gasteiger partial charge in [0.25, 0.3) is 0 Å². The molecule has 0 saturated heterocycles. The summed E-state index contributed by atoms with van der Waals surface area (Å²) in [5.74, 6) is -0.0482. The highest BCUT2D eigenvalue weighted by Crippen LogP contribution is 1.99. The van der Waals surface area contributed by atoms with Gasteiger partial charge in [-0.1, -0.05) is 60.7 Å². The van der Waals surface area contributed by atoms with Crippen LogP contribution in [0.3, 0.4) is 0 Å². The van der Waals surface area contributed by atoms with Gasteiger partial charge in [-0.3, -0.25) is 10.6 Å². The molecule has 2 aromatic rings. The normalized spacial score (nSPS) is 11.4. The molecule has 21 heavy (non-hydrogen) atoms. The summed E-state index contributed by atoms with van der Waals surface area (Å²) in [5, 5.41) is 5.93. The van der Waals surface area contributed by atoms with Crippen molar-refractivity contribution in [2.24, 2.45) is 0 Å². The van der Waals surface area contributed by atoms with E-state index >= 15 is 0 Å². The number of hydrogen-bond acceptors (Lipinski definition) is 4. The molecule has 0 bridgehead atoms. The summed E-state index contributed by atoms with van der Waals surface area (Å²) in [6.07, 6.45) is 0. The van der Waals surface area contributed by atoms with Crippen LogP contribution in [0.15, 0.2) is 60.7 Å². The molecule has 0 fully saturated rings. The summed E-state index contributed by atoms with van der Waals surface area (Å²) in [6, 6.07) is 19.5. The van der Waals surface area contributed by atoms with Gasteiger partial charge in [-0.2, -0.15) is 0 Å². The first-order valence-electron chi connectivity index (χ1n) is 6.85. The Morgan fingerprint density at radius 3 is 1.43 bits per heavy atom. The molecule has 0 amide bonds. The third kappa shape index (κ3) is 6.08. The molecule has 5 heteroatoms. The molecule has 4 nitrogen and oxygen atoms in total. The van der Waals surface area contributed by atoms with E-state index in [1.807, 2.05) is 60.7 Å². The number of nitrogens with one attached hydrogen (secondary N) is 2. The summed E-state index contributed by atoms with van der Waals surface area (Å²) in [5.41, 5.74) is 2.15. The van der Waals surface area contributed by atoms with Crippen LogP contribution in [0.25, 0.3) is 0 Å². The van der Waals surface area contributed by atoms with E-state index < -0.39 is 9.84 Å². The van der Waals surface area contributed by atoms with Crippen LogP contribution < -0.4 is 10.6 Å². The Morgan fingerprint density at radius 2 is 1.05 bits per heavy atom. The summed E-state index contributed by atoms with van der Waals surface area (Å²) >= 11 is 0. The Labute approximate surface area is 126 Å². The molecule has 112 valence electrons. The van der Waals surface area contributed by atoms with Crippen LogP contribution in [0.1, 0.15) is 11.1 Å². The molecule has 0 aliphatic heterocycles. The molecule has 2 rings (SSSR count). The minimum Gasteiger partial charge on any atom is -0.300 e. The summed E-state index contributed by atoms with van der Waals surface area (Å²) < 4.78 is 23.8. The van der Waals surface area contributed by atoms with Crippen molar-refractivity contribution in [3.05, 3.63) is 71.8 Å². The van der Waals surface area contributed by atoms with Crippen LogP contribution in [-0.4, -0.2) is 20.2 Å². The molecule has 0 spiro atoms. The van der Waals surface area contributed by atoms with Crippen LogP contribution >= 0.6 is 0 Å². The Hall–Kier alpha value is -1.69. The fourth-order valence-electron chi connectivity index (χ4n) is 1.94. The molecule has 0 aliphatic rings. The molecular weight excluding hydrogens is 284 g/mol. The smallest absolute Gasteiger partial charge is 0.176 e. The highest BCUT2D eigenvalue weighted by molar-refractivity contribution is 7.91. The van der Waals surface area contributed by atoms with E-state index in [4.69, 9.17) is 0 Å². The number of benzene rings is 2. The van der Waals surface area contributed by atoms with Crippen LogP contribution in [-0.2, 0) is 22.9 Å². The maximum atomic E-state index is 11.9. The third-order valence-electron chi connectivity index (χ3n) is 2.99. The monoisotopic (exact) mass is 304 g/mol. The van der Waals surface area contributed by atoms with Crippen LogP contribution in [0.5, 0.6) is 0 Å². The van der Waals surface area contributed by atoms with Gasteiger partial charge in [0, 0.05) is 13.1 Å². The first kappa shape index (κ1) is 15.7. The SMILES string of the molecule is O=S(=O)(CNCc1ccccc1)CNCc1ccccc1. The lowest BCUT2D eigenvalue weighted by molar-refractivity contribution is 0.578. The average Bonchev–Trinajstić information content (AvgIpc) is 2.49. The second kappa shape index (κ2) is 7.93. The van der Waals surface area contributed by atoms with Crippen LogP contribution in [0, 0.1) is 0 Å². The van der Waals surface area contributed by atoms with Crippen LogP contribution in [0.2, 0.25) is 0 Å². The van der Waals surface area contributed by atoms with Crippen LogP contribution in [0.4, 0.5) is 0 Å². The third-order valence-corrected chi connectivity index (χ3v) is 4.28.